The van der Waals surface area contributed by atoms with Crippen LogP contribution in [0.15, 0.2) is 22.8 Å². The van der Waals surface area contributed by atoms with Gasteiger partial charge in [0.2, 0.25) is 0 Å². The number of alkyl halides is 3. The zero-order chi connectivity index (χ0) is 9.03. The summed E-state index contributed by atoms with van der Waals surface area (Å²) in [5, 5.41) is 0. The zero-order valence-corrected chi connectivity index (χ0v) is 6.10. The average molecular weight is 180 g/mol. The third kappa shape index (κ3) is 3.43. The topological polar surface area (TPSA) is 22.4 Å². The van der Waals surface area contributed by atoms with Gasteiger partial charge in [-0.05, 0) is 12.1 Å². The molecule has 0 spiro atoms. The van der Waals surface area contributed by atoms with Crippen LogP contribution >= 0.6 is 0 Å². The van der Waals surface area contributed by atoms with E-state index in [1.807, 2.05) is 0 Å². The molecule has 1 rings (SSSR count). The normalized spacial score (nSPS) is 11.9. The van der Waals surface area contributed by atoms with Crippen LogP contribution in [0, 0.1) is 0 Å². The molecule has 0 bridgehead atoms. The number of hydrogen-bond acceptors (Lipinski definition) is 2. The van der Waals surface area contributed by atoms with Gasteiger partial charge in [0.05, 0.1) is 6.26 Å². The fraction of sp³-hybridized carbons (Fsp3) is 0.429. The number of halogens is 3. The summed E-state index contributed by atoms with van der Waals surface area (Å²) in [6.07, 6.45) is -2.89. The van der Waals surface area contributed by atoms with Crippen LogP contribution in [0.1, 0.15) is 5.76 Å². The maximum absolute atomic E-state index is 11.5. The van der Waals surface area contributed by atoms with E-state index < -0.39 is 12.8 Å². The first-order valence-corrected chi connectivity index (χ1v) is 3.25. The molecule has 1 aromatic rings. The molecule has 0 amide bonds. The van der Waals surface area contributed by atoms with Crippen LogP contribution in [0.3, 0.4) is 0 Å². The monoisotopic (exact) mass is 180 g/mol. The lowest BCUT2D eigenvalue weighted by Gasteiger charge is -2.05. The summed E-state index contributed by atoms with van der Waals surface area (Å²) in [6, 6.07) is 3.14. The summed E-state index contributed by atoms with van der Waals surface area (Å²) < 4.78 is 43.7. The van der Waals surface area contributed by atoms with Crippen LogP contribution in [0.5, 0.6) is 0 Å². The van der Waals surface area contributed by atoms with Gasteiger partial charge >= 0.3 is 6.18 Å². The summed E-state index contributed by atoms with van der Waals surface area (Å²) in [5.74, 6) is 0.388. The van der Waals surface area contributed by atoms with Crippen molar-refractivity contribution in [3.05, 3.63) is 24.2 Å². The van der Waals surface area contributed by atoms with Crippen LogP contribution in [-0.2, 0) is 11.3 Å². The molecule has 0 atom stereocenters. The van der Waals surface area contributed by atoms with Gasteiger partial charge in [-0.25, -0.2) is 0 Å². The number of ether oxygens (including phenoxy) is 1. The minimum atomic E-state index is -4.27. The molecule has 0 N–H and O–H groups in total. The van der Waals surface area contributed by atoms with Crippen molar-refractivity contribution < 1.29 is 22.3 Å². The molecule has 0 saturated carbocycles. The minimum absolute atomic E-state index is 0.146. The molecular formula is C7H7F3O2. The van der Waals surface area contributed by atoms with Crippen LogP contribution in [0.4, 0.5) is 13.2 Å². The molecule has 0 fully saturated rings. The van der Waals surface area contributed by atoms with E-state index in [0.29, 0.717) is 5.76 Å². The largest absolute Gasteiger partial charge is 0.467 e. The predicted molar refractivity (Wildman–Crippen MR) is 34.4 cm³/mol. The van der Waals surface area contributed by atoms with E-state index in [-0.39, 0.29) is 6.61 Å². The van der Waals surface area contributed by atoms with E-state index in [2.05, 4.69) is 4.74 Å². The Labute approximate surface area is 66.9 Å². The Kier molecular flexibility index (Phi) is 2.75. The maximum Gasteiger partial charge on any atom is 0.411 e. The third-order valence-electron chi connectivity index (χ3n) is 1.09. The maximum atomic E-state index is 11.5. The Balaban J connectivity index is 2.20. The van der Waals surface area contributed by atoms with Crippen LogP contribution in [-0.4, -0.2) is 12.8 Å². The number of hydrogen-bond donors (Lipinski definition) is 0. The SMILES string of the molecule is FC(F)(F)COCc1ccco1. The Morgan fingerprint density at radius 1 is 1.42 bits per heavy atom. The highest BCUT2D eigenvalue weighted by atomic mass is 19.4. The predicted octanol–water partition coefficient (Wildman–Crippen LogP) is 2.36. The Morgan fingerprint density at radius 2 is 2.17 bits per heavy atom. The van der Waals surface area contributed by atoms with Crippen molar-refractivity contribution in [2.24, 2.45) is 0 Å². The molecule has 0 unspecified atom stereocenters. The second-order valence-corrected chi connectivity index (χ2v) is 2.19. The smallest absolute Gasteiger partial charge is 0.411 e. The minimum Gasteiger partial charge on any atom is -0.467 e. The summed E-state index contributed by atoms with van der Waals surface area (Å²) in [6.45, 7) is -1.39. The van der Waals surface area contributed by atoms with E-state index in [0.717, 1.165) is 0 Å². The first kappa shape index (κ1) is 9.12. The molecular weight excluding hydrogens is 173 g/mol. The van der Waals surface area contributed by atoms with Crippen molar-refractivity contribution in [3.63, 3.8) is 0 Å². The highest BCUT2D eigenvalue weighted by Crippen LogP contribution is 2.15. The van der Waals surface area contributed by atoms with Gasteiger partial charge in [-0.2, -0.15) is 13.2 Å². The fourth-order valence-corrected chi connectivity index (χ4v) is 0.662. The van der Waals surface area contributed by atoms with Crippen molar-refractivity contribution >= 4 is 0 Å². The second kappa shape index (κ2) is 3.62. The van der Waals surface area contributed by atoms with E-state index in [4.69, 9.17) is 4.42 Å². The number of rotatable bonds is 3. The molecule has 5 heteroatoms. The lowest BCUT2D eigenvalue weighted by atomic mass is 10.5. The van der Waals surface area contributed by atoms with Crippen molar-refractivity contribution in [2.45, 2.75) is 12.8 Å². The Bertz CT molecular complexity index is 215. The lowest BCUT2D eigenvalue weighted by molar-refractivity contribution is -0.177. The number of furan rings is 1. The van der Waals surface area contributed by atoms with E-state index in [9.17, 15) is 13.2 Å². The highest BCUT2D eigenvalue weighted by Gasteiger charge is 2.27. The van der Waals surface area contributed by atoms with Crippen LogP contribution in [0.25, 0.3) is 0 Å². The van der Waals surface area contributed by atoms with Crippen molar-refractivity contribution in [1.29, 1.82) is 0 Å². The van der Waals surface area contributed by atoms with Gasteiger partial charge in [0.25, 0.3) is 0 Å². The summed E-state index contributed by atoms with van der Waals surface area (Å²) in [4.78, 5) is 0. The molecule has 0 aliphatic rings. The van der Waals surface area contributed by atoms with Crippen LogP contribution in [0.2, 0.25) is 0 Å². The van der Waals surface area contributed by atoms with Gasteiger partial charge < -0.3 is 9.15 Å². The molecule has 68 valence electrons. The molecule has 0 radical (unpaired) electrons. The highest BCUT2D eigenvalue weighted by molar-refractivity contribution is 4.95. The molecule has 0 saturated heterocycles. The van der Waals surface area contributed by atoms with Crippen molar-refractivity contribution in [1.82, 2.24) is 0 Å². The molecule has 2 nitrogen and oxygen atoms in total. The molecule has 0 aliphatic carbocycles. The molecule has 12 heavy (non-hydrogen) atoms. The van der Waals surface area contributed by atoms with E-state index >= 15 is 0 Å². The summed E-state index contributed by atoms with van der Waals surface area (Å²) in [5.41, 5.74) is 0. The summed E-state index contributed by atoms with van der Waals surface area (Å²) >= 11 is 0. The van der Waals surface area contributed by atoms with E-state index in [1.165, 1.54) is 6.26 Å². The lowest BCUT2D eigenvalue weighted by Crippen LogP contribution is -2.16. The Hall–Kier alpha value is -0.970. The van der Waals surface area contributed by atoms with Crippen molar-refractivity contribution in [3.8, 4) is 0 Å². The van der Waals surface area contributed by atoms with Crippen LogP contribution < -0.4 is 0 Å². The van der Waals surface area contributed by atoms with Gasteiger partial charge in [0, 0.05) is 0 Å². The quantitative estimate of drug-likeness (QED) is 0.712. The first-order valence-electron chi connectivity index (χ1n) is 3.25. The van der Waals surface area contributed by atoms with Gasteiger partial charge in [-0.1, -0.05) is 0 Å². The van der Waals surface area contributed by atoms with Gasteiger partial charge in [0.1, 0.15) is 19.0 Å². The van der Waals surface area contributed by atoms with Gasteiger partial charge in [0.15, 0.2) is 0 Å². The zero-order valence-electron chi connectivity index (χ0n) is 6.10. The second-order valence-electron chi connectivity index (χ2n) is 2.19. The van der Waals surface area contributed by atoms with Crippen molar-refractivity contribution in [2.75, 3.05) is 6.61 Å². The standard InChI is InChI=1S/C7H7F3O2/c8-7(9,10)5-11-4-6-2-1-3-12-6/h1-3H,4-5H2. The van der Waals surface area contributed by atoms with Gasteiger partial charge in [-0.15, -0.1) is 0 Å². The molecule has 1 heterocycles. The fourth-order valence-electron chi connectivity index (χ4n) is 0.662. The molecule has 1 aromatic heterocycles. The first-order chi connectivity index (χ1) is 5.58. The summed E-state index contributed by atoms with van der Waals surface area (Å²) in [7, 11) is 0. The average Bonchev–Trinajstić information content (AvgIpc) is 2.36. The van der Waals surface area contributed by atoms with Gasteiger partial charge in [-0.3, -0.25) is 0 Å². The third-order valence-corrected chi connectivity index (χ3v) is 1.09. The molecule has 0 aromatic carbocycles. The molecule has 0 aliphatic heterocycles. The van der Waals surface area contributed by atoms with E-state index in [1.54, 1.807) is 12.1 Å². The Morgan fingerprint density at radius 3 is 2.67 bits per heavy atom.